The molecule has 5 N–H and O–H groups in total. The molecule has 0 bridgehead atoms. The molecule has 3 fully saturated rings. The van der Waals surface area contributed by atoms with Crippen molar-refractivity contribution in [3.63, 3.8) is 0 Å². The molecule has 0 aromatic carbocycles. The van der Waals surface area contributed by atoms with Gasteiger partial charge in [0, 0.05) is 28.7 Å². The third kappa shape index (κ3) is 6.55. The van der Waals surface area contributed by atoms with Gasteiger partial charge in [0.25, 0.3) is 5.91 Å². The number of aliphatic carboxylic acids is 1. The number of primary amides is 1. The van der Waals surface area contributed by atoms with Gasteiger partial charge in [0.2, 0.25) is 21.8 Å². The number of carbonyl (C=O) groups is 4. The van der Waals surface area contributed by atoms with Crippen LogP contribution >= 0.6 is 11.8 Å². The van der Waals surface area contributed by atoms with Crippen molar-refractivity contribution >= 4 is 45.5 Å². The molecule has 0 unspecified atom stereocenters. The van der Waals surface area contributed by atoms with Gasteiger partial charge in [-0.05, 0) is 13.3 Å². The van der Waals surface area contributed by atoms with E-state index in [2.05, 4.69) is 10.0 Å². The lowest BCUT2D eigenvalue weighted by Gasteiger charge is -2.47. The number of nitrogens with two attached hydrogens (primary N) is 1. The molecule has 4 aliphatic heterocycles. The van der Waals surface area contributed by atoms with Crippen LogP contribution in [-0.2, 0) is 29.2 Å². The molecule has 0 spiro atoms. The van der Waals surface area contributed by atoms with E-state index in [0.717, 1.165) is 6.26 Å². The Morgan fingerprint density at radius 1 is 1.28 bits per heavy atom. The predicted octanol–water partition coefficient (Wildman–Crippen LogP) is -5.06. The van der Waals surface area contributed by atoms with E-state index >= 15 is 0 Å². The normalized spacial score (nSPS) is 30.9. The maximum atomic E-state index is 13.2. The number of quaternary nitrogens is 1. The van der Waals surface area contributed by atoms with Gasteiger partial charge < -0.3 is 54.4 Å². The van der Waals surface area contributed by atoms with Crippen LogP contribution < -0.4 is 39.7 Å². The standard InChI is InChI=1S/C23H36N6O7S2.HI/c1-12-18-17(13(2)26-38(4,35)36)22(32)28(18)19(23(33)34)20(12)37-14-9-15(25-10-14)21(31)27-5-7-29(3,8-6-27)11-16(24)30;/h12-15,17-18,25-26H,5-11H2,1-4H3,(H2-,24,30,33,34);1H/t12-,13-,14+,15+,17-,18-;/m1./s1. The fourth-order valence-corrected chi connectivity index (χ4v) is 8.49. The number of nitrogens with zero attached hydrogens (tertiary/aromatic N) is 3. The Kier molecular flexibility index (Phi) is 9.69. The molecule has 4 rings (SSSR count). The average molecular weight is 701 g/mol. The van der Waals surface area contributed by atoms with E-state index in [4.69, 9.17) is 5.73 Å². The summed E-state index contributed by atoms with van der Waals surface area (Å²) in [5.74, 6) is -2.90. The van der Waals surface area contributed by atoms with Gasteiger partial charge in [0.15, 0.2) is 6.54 Å². The van der Waals surface area contributed by atoms with Gasteiger partial charge in [-0.15, -0.1) is 11.8 Å². The molecule has 0 saturated carbocycles. The highest BCUT2D eigenvalue weighted by Crippen LogP contribution is 2.51. The quantitative estimate of drug-likeness (QED) is 0.104. The Morgan fingerprint density at radius 3 is 2.44 bits per heavy atom. The van der Waals surface area contributed by atoms with E-state index in [0.29, 0.717) is 48.5 Å². The molecule has 0 aromatic rings. The Balaban J connectivity index is 0.00000420. The molecule has 0 radical (unpaired) electrons. The topological polar surface area (TPSA) is 179 Å². The lowest BCUT2D eigenvalue weighted by atomic mass is 9.78. The number of carboxylic acid groups (broad SMARTS) is 1. The summed E-state index contributed by atoms with van der Waals surface area (Å²) in [5, 5.41) is 13.2. The van der Waals surface area contributed by atoms with Gasteiger partial charge >= 0.3 is 5.97 Å². The number of hydrogen-bond donors (Lipinski definition) is 4. The van der Waals surface area contributed by atoms with Gasteiger partial charge in [-0.3, -0.25) is 14.4 Å². The number of rotatable bonds is 9. The maximum Gasteiger partial charge on any atom is 0.353 e. The summed E-state index contributed by atoms with van der Waals surface area (Å²) in [6, 6.07) is -1.49. The molecule has 220 valence electrons. The number of fused-ring (bicyclic) bond motifs is 1. The van der Waals surface area contributed by atoms with E-state index in [1.54, 1.807) is 11.8 Å². The monoisotopic (exact) mass is 700 g/mol. The van der Waals surface area contributed by atoms with E-state index in [1.165, 1.54) is 16.7 Å². The first-order chi connectivity index (χ1) is 17.6. The summed E-state index contributed by atoms with van der Waals surface area (Å²) < 4.78 is 26.4. The Labute approximate surface area is 249 Å². The number of thioether (sulfide) groups is 1. The zero-order chi connectivity index (χ0) is 28.2. The largest absolute Gasteiger partial charge is 1.00 e. The summed E-state index contributed by atoms with van der Waals surface area (Å²) in [6.07, 6.45) is 1.54. The van der Waals surface area contributed by atoms with E-state index in [1.807, 2.05) is 14.0 Å². The van der Waals surface area contributed by atoms with Crippen molar-refractivity contribution in [3.8, 4) is 0 Å². The van der Waals surface area contributed by atoms with Crippen molar-refractivity contribution in [1.29, 1.82) is 0 Å². The highest BCUT2D eigenvalue weighted by Gasteiger charge is 2.60. The van der Waals surface area contributed by atoms with Crippen LogP contribution in [0.3, 0.4) is 0 Å². The fraction of sp³-hybridized carbons (Fsp3) is 0.739. The minimum atomic E-state index is -3.53. The third-order valence-corrected chi connectivity index (χ3v) is 10.4. The molecule has 6 atom stereocenters. The number of nitrogens with one attached hydrogen (secondary N) is 2. The number of sulfonamides is 1. The van der Waals surface area contributed by atoms with Gasteiger partial charge in [-0.1, -0.05) is 6.92 Å². The summed E-state index contributed by atoms with van der Waals surface area (Å²) in [4.78, 5) is 53.3. The SMILES string of the molecule is C[C@@H](NS(C)(=O)=O)[C@H]1C(=O)N2C(C(=O)O)=C(S[C@@H]3CN[C@H](C(=O)N4CC[N+](C)(CC(N)=O)CC4)C3)[C@H](C)[C@H]12.[I-]. The van der Waals surface area contributed by atoms with Crippen molar-refractivity contribution < 1.29 is 61.2 Å². The number of carbonyl (C=O) groups excluding carboxylic acids is 3. The number of β-lactam (4-membered cyclic amide) rings is 1. The van der Waals surface area contributed by atoms with Crippen LogP contribution in [-0.4, -0.2) is 127 Å². The number of piperazine rings is 1. The molecule has 0 aromatic heterocycles. The van der Waals surface area contributed by atoms with Crippen LogP contribution in [0.2, 0.25) is 0 Å². The number of hydrogen-bond acceptors (Lipinski definition) is 8. The second-order valence-electron chi connectivity index (χ2n) is 11.2. The van der Waals surface area contributed by atoms with Crippen molar-refractivity contribution in [1.82, 2.24) is 19.8 Å². The molecule has 39 heavy (non-hydrogen) atoms. The predicted molar refractivity (Wildman–Crippen MR) is 140 cm³/mol. The van der Waals surface area contributed by atoms with Crippen LogP contribution in [0.4, 0.5) is 0 Å². The highest BCUT2D eigenvalue weighted by molar-refractivity contribution is 8.03. The van der Waals surface area contributed by atoms with Crippen molar-refractivity contribution in [2.75, 3.05) is 52.6 Å². The number of amides is 3. The number of carboxylic acids is 1. The van der Waals surface area contributed by atoms with Crippen molar-refractivity contribution in [2.45, 2.75) is 43.6 Å². The molecular weight excluding hydrogens is 663 g/mol. The third-order valence-electron chi connectivity index (χ3n) is 8.08. The first-order valence-corrected chi connectivity index (χ1v) is 15.5. The molecule has 16 heteroatoms. The molecule has 3 saturated heterocycles. The average Bonchev–Trinajstić information content (AvgIpc) is 3.34. The van der Waals surface area contributed by atoms with Gasteiger partial charge in [0.1, 0.15) is 5.70 Å². The molecular formula is C23H37IN6O7S2. The highest BCUT2D eigenvalue weighted by atomic mass is 127. The molecule has 4 heterocycles. The Morgan fingerprint density at radius 2 is 1.90 bits per heavy atom. The van der Waals surface area contributed by atoms with E-state index in [-0.39, 0.29) is 59.2 Å². The van der Waals surface area contributed by atoms with E-state index in [9.17, 15) is 32.7 Å². The van der Waals surface area contributed by atoms with Crippen LogP contribution in [0.25, 0.3) is 0 Å². The first kappa shape index (κ1) is 32.0. The number of halogens is 1. The fourth-order valence-electron chi connectivity index (χ4n) is 6.19. The summed E-state index contributed by atoms with van der Waals surface area (Å²) >= 11 is 1.39. The van der Waals surface area contributed by atoms with E-state index < -0.39 is 45.9 Å². The van der Waals surface area contributed by atoms with Gasteiger partial charge in [-0.2, -0.15) is 0 Å². The summed E-state index contributed by atoms with van der Waals surface area (Å²) in [7, 11) is -1.58. The lowest BCUT2D eigenvalue weighted by Crippen LogP contribution is -3.00. The van der Waals surface area contributed by atoms with Gasteiger partial charge in [-0.25, -0.2) is 17.9 Å². The minimum Gasteiger partial charge on any atom is -1.00 e. The van der Waals surface area contributed by atoms with Crippen molar-refractivity contribution in [3.05, 3.63) is 10.6 Å². The van der Waals surface area contributed by atoms with Crippen LogP contribution in [0.15, 0.2) is 10.6 Å². The smallest absolute Gasteiger partial charge is 0.353 e. The molecule has 4 aliphatic rings. The van der Waals surface area contributed by atoms with Crippen LogP contribution in [0.1, 0.15) is 20.3 Å². The summed E-state index contributed by atoms with van der Waals surface area (Å²) in [6.45, 7) is 6.59. The second-order valence-corrected chi connectivity index (χ2v) is 14.3. The van der Waals surface area contributed by atoms with Crippen LogP contribution in [0.5, 0.6) is 0 Å². The zero-order valence-corrected chi connectivity index (χ0v) is 26.2. The van der Waals surface area contributed by atoms with Crippen molar-refractivity contribution in [2.24, 2.45) is 17.6 Å². The van der Waals surface area contributed by atoms with Gasteiger partial charge in [0.05, 0.1) is 57.5 Å². The second kappa shape index (κ2) is 11.8. The number of likely N-dealkylation sites (N-methyl/N-ethyl adjacent to an activating group) is 1. The molecule has 13 nitrogen and oxygen atoms in total. The molecule has 3 amide bonds. The maximum absolute atomic E-state index is 13.2. The minimum absolute atomic E-state index is 0. The first-order valence-electron chi connectivity index (χ1n) is 12.7. The molecule has 0 aliphatic carbocycles. The summed E-state index contributed by atoms with van der Waals surface area (Å²) in [5.41, 5.74) is 5.32. The lowest BCUT2D eigenvalue weighted by molar-refractivity contribution is -0.905. The zero-order valence-electron chi connectivity index (χ0n) is 22.4. The Bertz CT molecular complexity index is 1170. The van der Waals surface area contributed by atoms with Crippen LogP contribution in [0, 0.1) is 11.8 Å². The Hall–Kier alpha value is -1.47.